The lowest BCUT2D eigenvalue weighted by Gasteiger charge is -2.32. The van der Waals surface area contributed by atoms with Crippen LogP contribution in [0.15, 0.2) is 0 Å². The maximum atomic E-state index is 12.2. The monoisotopic (exact) mass is 256 g/mol. The summed E-state index contributed by atoms with van der Waals surface area (Å²) in [4.78, 5) is 14.1. The molecule has 4 heteroatoms. The number of amides is 1. The SMILES string of the molecule is CCCCOCCN1CCCC(NCCC)C1=O. The maximum absolute atomic E-state index is 12.2. The lowest BCUT2D eigenvalue weighted by atomic mass is 10.0. The fraction of sp³-hybridized carbons (Fsp3) is 0.929. The minimum Gasteiger partial charge on any atom is -0.380 e. The van der Waals surface area contributed by atoms with E-state index in [0.29, 0.717) is 6.61 Å². The highest BCUT2D eigenvalue weighted by Crippen LogP contribution is 2.11. The van der Waals surface area contributed by atoms with Crippen LogP contribution in [0.25, 0.3) is 0 Å². The van der Waals surface area contributed by atoms with Crippen molar-refractivity contribution in [2.45, 2.75) is 52.0 Å². The van der Waals surface area contributed by atoms with E-state index in [9.17, 15) is 4.79 Å². The molecule has 4 nitrogen and oxygen atoms in total. The molecule has 0 spiro atoms. The summed E-state index contributed by atoms with van der Waals surface area (Å²) in [5, 5.41) is 3.33. The normalized spacial score (nSPS) is 20.4. The number of hydrogen-bond acceptors (Lipinski definition) is 3. The van der Waals surface area contributed by atoms with Gasteiger partial charge in [0.05, 0.1) is 12.6 Å². The number of rotatable bonds is 9. The van der Waals surface area contributed by atoms with Gasteiger partial charge in [-0.05, 0) is 32.2 Å². The van der Waals surface area contributed by atoms with Crippen molar-refractivity contribution in [3.63, 3.8) is 0 Å². The quantitative estimate of drug-likeness (QED) is 0.640. The number of ether oxygens (including phenoxy) is 1. The second kappa shape index (κ2) is 9.34. The summed E-state index contributed by atoms with van der Waals surface area (Å²) in [6, 6.07) is 0.0364. The van der Waals surface area contributed by atoms with E-state index in [0.717, 1.165) is 58.3 Å². The van der Waals surface area contributed by atoms with Crippen LogP contribution in [0.2, 0.25) is 0 Å². The third-order valence-electron chi connectivity index (χ3n) is 3.32. The fourth-order valence-corrected chi connectivity index (χ4v) is 2.19. The zero-order chi connectivity index (χ0) is 13.2. The second-order valence-electron chi connectivity index (χ2n) is 4.94. The van der Waals surface area contributed by atoms with Gasteiger partial charge in [-0.1, -0.05) is 20.3 Å². The van der Waals surface area contributed by atoms with Gasteiger partial charge in [0.15, 0.2) is 0 Å². The summed E-state index contributed by atoms with van der Waals surface area (Å²) in [7, 11) is 0. The molecule has 1 rings (SSSR count). The number of hydrogen-bond donors (Lipinski definition) is 1. The number of likely N-dealkylation sites (tertiary alicyclic amines) is 1. The largest absolute Gasteiger partial charge is 0.380 e. The molecule has 0 aliphatic carbocycles. The third kappa shape index (κ3) is 5.36. The molecule has 0 aromatic carbocycles. The highest BCUT2D eigenvalue weighted by molar-refractivity contribution is 5.82. The second-order valence-corrected chi connectivity index (χ2v) is 4.94. The molecular formula is C14H28N2O2. The average molecular weight is 256 g/mol. The predicted molar refractivity (Wildman–Crippen MR) is 73.6 cm³/mol. The number of piperidine rings is 1. The van der Waals surface area contributed by atoms with Crippen LogP contribution in [0, 0.1) is 0 Å². The lowest BCUT2D eigenvalue weighted by molar-refractivity contribution is -0.136. The highest BCUT2D eigenvalue weighted by atomic mass is 16.5. The Bertz CT molecular complexity index is 234. The van der Waals surface area contributed by atoms with E-state index in [1.807, 2.05) is 4.90 Å². The molecule has 1 aliphatic rings. The molecule has 0 saturated carbocycles. The van der Waals surface area contributed by atoms with Crippen LogP contribution in [-0.2, 0) is 9.53 Å². The Labute approximate surface area is 111 Å². The fourth-order valence-electron chi connectivity index (χ4n) is 2.19. The summed E-state index contributed by atoms with van der Waals surface area (Å²) in [5.74, 6) is 0.258. The average Bonchev–Trinajstić information content (AvgIpc) is 2.39. The molecular weight excluding hydrogens is 228 g/mol. The van der Waals surface area contributed by atoms with Crippen molar-refractivity contribution in [3.8, 4) is 0 Å². The van der Waals surface area contributed by atoms with Crippen LogP contribution in [-0.4, -0.2) is 49.7 Å². The van der Waals surface area contributed by atoms with Crippen LogP contribution < -0.4 is 5.32 Å². The number of nitrogens with one attached hydrogen (secondary N) is 1. The maximum Gasteiger partial charge on any atom is 0.239 e. The molecule has 1 saturated heterocycles. The predicted octanol–water partition coefficient (Wildman–Crippen LogP) is 1.79. The summed E-state index contributed by atoms with van der Waals surface area (Å²) >= 11 is 0. The van der Waals surface area contributed by atoms with Crippen molar-refractivity contribution in [1.82, 2.24) is 10.2 Å². The molecule has 0 bridgehead atoms. The van der Waals surface area contributed by atoms with Crippen molar-refractivity contribution < 1.29 is 9.53 Å². The molecule has 1 N–H and O–H groups in total. The van der Waals surface area contributed by atoms with E-state index >= 15 is 0 Å². The van der Waals surface area contributed by atoms with Gasteiger partial charge in [-0.3, -0.25) is 4.79 Å². The van der Waals surface area contributed by atoms with E-state index in [-0.39, 0.29) is 11.9 Å². The van der Waals surface area contributed by atoms with E-state index in [1.54, 1.807) is 0 Å². The van der Waals surface area contributed by atoms with Crippen molar-refractivity contribution in [2.24, 2.45) is 0 Å². The summed E-state index contributed by atoms with van der Waals surface area (Å²) in [6.45, 7) is 8.33. The molecule has 1 heterocycles. The van der Waals surface area contributed by atoms with E-state index < -0.39 is 0 Å². The first-order valence-corrected chi connectivity index (χ1v) is 7.39. The van der Waals surface area contributed by atoms with Gasteiger partial charge in [0, 0.05) is 19.7 Å². The van der Waals surface area contributed by atoms with Crippen molar-refractivity contribution in [2.75, 3.05) is 32.8 Å². The molecule has 0 aromatic rings. The first-order chi connectivity index (χ1) is 8.79. The third-order valence-corrected chi connectivity index (χ3v) is 3.32. The van der Waals surface area contributed by atoms with Gasteiger partial charge < -0.3 is 15.0 Å². The Balaban J connectivity index is 2.21. The van der Waals surface area contributed by atoms with Gasteiger partial charge in [0.2, 0.25) is 5.91 Å². The molecule has 1 fully saturated rings. The van der Waals surface area contributed by atoms with E-state index in [1.165, 1.54) is 0 Å². The number of carbonyl (C=O) groups excluding carboxylic acids is 1. The Hall–Kier alpha value is -0.610. The number of carbonyl (C=O) groups is 1. The smallest absolute Gasteiger partial charge is 0.239 e. The van der Waals surface area contributed by atoms with Crippen LogP contribution in [0.5, 0.6) is 0 Å². The minimum absolute atomic E-state index is 0.0364. The van der Waals surface area contributed by atoms with Gasteiger partial charge in [0.25, 0.3) is 0 Å². The highest BCUT2D eigenvalue weighted by Gasteiger charge is 2.27. The van der Waals surface area contributed by atoms with Gasteiger partial charge in [0.1, 0.15) is 0 Å². The molecule has 18 heavy (non-hydrogen) atoms. The first kappa shape index (κ1) is 15.4. The molecule has 0 aromatic heterocycles. The Morgan fingerprint density at radius 3 is 2.89 bits per heavy atom. The van der Waals surface area contributed by atoms with Gasteiger partial charge in [-0.2, -0.15) is 0 Å². The van der Waals surface area contributed by atoms with E-state index in [4.69, 9.17) is 4.74 Å². The van der Waals surface area contributed by atoms with Crippen LogP contribution in [0.4, 0.5) is 0 Å². The summed E-state index contributed by atoms with van der Waals surface area (Å²) in [6.07, 6.45) is 5.41. The minimum atomic E-state index is 0.0364. The van der Waals surface area contributed by atoms with Crippen molar-refractivity contribution in [1.29, 1.82) is 0 Å². The summed E-state index contributed by atoms with van der Waals surface area (Å²) < 4.78 is 5.53. The molecule has 1 unspecified atom stereocenters. The van der Waals surface area contributed by atoms with Crippen LogP contribution in [0.3, 0.4) is 0 Å². The molecule has 0 radical (unpaired) electrons. The Morgan fingerprint density at radius 2 is 2.17 bits per heavy atom. The lowest BCUT2D eigenvalue weighted by Crippen LogP contribution is -2.51. The topological polar surface area (TPSA) is 41.6 Å². The first-order valence-electron chi connectivity index (χ1n) is 7.39. The summed E-state index contributed by atoms with van der Waals surface area (Å²) in [5.41, 5.74) is 0. The van der Waals surface area contributed by atoms with Crippen molar-refractivity contribution in [3.05, 3.63) is 0 Å². The molecule has 1 aliphatic heterocycles. The van der Waals surface area contributed by atoms with Gasteiger partial charge in [-0.15, -0.1) is 0 Å². The van der Waals surface area contributed by atoms with Gasteiger partial charge >= 0.3 is 0 Å². The molecule has 106 valence electrons. The van der Waals surface area contributed by atoms with Crippen LogP contribution in [0.1, 0.15) is 46.0 Å². The van der Waals surface area contributed by atoms with Crippen LogP contribution >= 0.6 is 0 Å². The number of nitrogens with zero attached hydrogens (tertiary/aromatic N) is 1. The van der Waals surface area contributed by atoms with Crippen molar-refractivity contribution >= 4 is 5.91 Å². The van der Waals surface area contributed by atoms with E-state index in [2.05, 4.69) is 19.2 Å². The standard InChI is InChI=1S/C14H28N2O2/c1-3-5-11-18-12-10-16-9-6-7-13(14(16)17)15-8-4-2/h13,15H,3-12H2,1-2H3. The Morgan fingerprint density at radius 1 is 1.33 bits per heavy atom. The number of unbranched alkanes of at least 4 members (excludes halogenated alkanes) is 1. The zero-order valence-electron chi connectivity index (χ0n) is 11.9. The van der Waals surface area contributed by atoms with Gasteiger partial charge in [-0.25, -0.2) is 0 Å². The zero-order valence-corrected chi connectivity index (χ0v) is 11.9. The Kier molecular flexibility index (Phi) is 8.01. The molecule has 1 atom stereocenters. The molecule has 1 amide bonds.